The lowest BCUT2D eigenvalue weighted by Crippen LogP contribution is -1.88. The zero-order valence-corrected chi connectivity index (χ0v) is 7.66. The SMILES string of the molecule is OC(Cl)c1cccc(Cl)c1Cl. The first-order valence-corrected chi connectivity index (χ1v) is 4.08. The van der Waals surface area contributed by atoms with Gasteiger partial charge in [-0.25, -0.2) is 0 Å². The lowest BCUT2D eigenvalue weighted by Gasteiger charge is -2.05. The Morgan fingerprint density at radius 3 is 2.36 bits per heavy atom. The predicted octanol–water partition coefficient (Wildman–Crippen LogP) is 3.22. The summed E-state index contributed by atoms with van der Waals surface area (Å²) in [6.45, 7) is 0. The second kappa shape index (κ2) is 3.63. The second-order valence-corrected chi connectivity index (χ2v) is 3.18. The highest BCUT2D eigenvalue weighted by Crippen LogP contribution is 2.31. The zero-order chi connectivity index (χ0) is 8.43. The molecule has 0 bridgehead atoms. The Bertz CT molecular complexity index is 260. The summed E-state index contributed by atoms with van der Waals surface area (Å²) in [4.78, 5) is 0. The van der Waals surface area contributed by atoms with Gasteiger partial charge >= 0.3 is 0 Å². The number of benzene rings is 1. The molecule has 0 saturated carbocycles. The highest BCUT2D eigenvalue weighted by atomic mass is 35.5. The third kappa shape index (κ3) is 2.00. The summed E-state index contributed by atoms with van der Waals surface area (Å²) in [5.41, 5.74) is -0.665. The third-order valence-electron chi connectivity index (χ3n) is 1.24. The van der Waals surface area contributed by atoms with E-state index in [1.807, 2.05) is 0 Å². The van der Waals surface area contributed by atoms with Gasteiger partial charge < -0.3 is 5.11 Å². The van der Waals surface area contributed by atoms with E-state index < -0.39 is 5.56 Å². The Kier molecular flexibility index (Phi) is 3.02. The largest absolute Gasteiger partial charge is 0.373 e. The lowest BCUT2D eigenvalue weighted by atomic mass is 10.2. The quantitative estimate of drug-likeness (QED) is 0.707. The normalized spacial score (nSPS) is 13.1. The van der Waals surface area contributed by atoms with Crippen LogP contribution in [0.4, 0.5) is 0 Å². The molecule has 0 aromatic heterocycles. The summed E-state index contributed by atoms with van der Waals surface area (Å²) in [6.07, 6.45) is 0. The van der Waals surface area contributed by atoms with E-state index in [1.165, 1.54) is 0 Å². The maximum absolute atomic E-state index is 8.95. The maximum Gasteiger partial charge on any atom is 0.155 e. The van der Waals surface area contributed by atoms with Crippen molar-refractivity contribution in [2.75, 3.05) is 0 Å². The number of hydrogen-bond donors (Lipinski definition) is 1. The average Bonchev–Trinajstić information content (AvgIpc) is 1.94. The van der Waals surface area contributed by atoms with E-state index in [4.69, 9.17) is 39.9 Å². The highest BCUT2D eigenvalue weighted by Gasteiger charge is 2.09. The number of alkyl halides is 1. The summed E-state index contributed by atoms with van der Waals surface area (Å²) in [6, 6.07) is 4.92. The lowest BCUT2D eigenvalue weighted by molar-refractivity contribution is 0.263. The van der Waals surface area contributed by atoms with Crippen molar-refractivity contribution in [3.05, 3.63) is 33.8 Å². The Morgan fingerprint density at radius 1 is 1.27 bits per heavy atom. The standard InChI is InChI=1S/C7H5Cl3O/c8-5-3-1-2-4(6(5)9)7(10)11/h1-3,7,11H. The molecule has 0 fully saturated rings. The monoisotopic (exact) mass is 210 g/mol. The Balaban J connectivity index is 3.17. The number of halogens is 3. The topological polar surface area (TPSA) is 20.2 Å². The van der Waals surface area contributed by atoms with Crippen LogP contribution in [0.25, 0.3) is 0 Å². The summed E-state index contributed by atoms with van der Waals surface area (Å²) in [5, 5.41) is 9.65. The molecule has 60 valence electrons. The van der Waals surface area contributed by atoms with Crippen LogP contribution in [-0.4, -0.2) is 5.11 Å². The van der Waals surface area contributed by atoms with E-state index in [1.54, 1.807) is 18.2 Å². The van der Waals surface area contributed by atoms with E-state index in [9.17, 15) is 0 Å². The van der Waals surface area contributed by atoms with Crippen molar-refractivity contribution in [2.24, 2.45) is 0 Å². The minimum absolute atomic E-state index is 0.302. The van der Waals surface area contributed by atoms with Gasteiger partial charge in [0.2, 0.25) is 0 Å². The second-order valence-electron chi connectivity index (χ2n) is 1.98. The summed E-state index contributed by atoms with van der Waals surface area (Å²) in [5.74, 6) is 0. The van der Waals surface area contributed by atoms with Gasteiger partial charge in [-0.05, 0) is 6.07 Å². The molecule has 1 nitrogen and oxygen atoms in total. The van der Waals surface area contributed by atoms with Crippen LogP contribution in [0.5, 0.6) is 0 Å². The fourth-order valence-electron chi connectivity index (χ4n) is 0.704. The van der Waals surface area contributed by atoms with E-state index in [2.05, 4.69) is 0 Å². The predicted molar refractivity (Wildman–Crippen MR) is 47.3 cm³/mol. The molecule has 0 heterocycles. The van der Waals surface area contributed by atoms with Gasteiger partial charge in [0.1, 0.15) is 0 Å². The van der Waals surface area contributed by atoms with E-state index >= 15 is 0 Å². The molecule has 1 rings (SSSR count). The van der Waals surface area contributed by atoms with Crippen molar-refractivity contribution in [3.63, 3.8) is 0 Å². The van der Waals surface area contributed by atoms with Crippen LogP contribution < -0.4 is 0 Å². The van der Waals surface area contributed by atoms with Crippen LogP contribution in [0.1, 0.15) is 11.1 Å². The summed E-state index contributed by atoms with van der Waals surface area (Å²) >= 11 is 16.8. The minimum Gasteiger partial charge on any atom is -0.373 e. The van der Waals surface area contributed by atoms with Crippen molar-refractivity contribution in [2.45, 2.75) is 5.56 Å². The van der Waals surface area contributed by atoms with Gasteiger partial charge in [0.05, 0.1) is 10.0 Å². The summed E-state index contributed by atoms with van der Waals surface area (Å²) in [7, 11) is 0. The number of aliphatic hydroxyl groups is 1. The zero-order valence-electron chi connectivity index (χ0n) is 5.39. The van der Waals surface area contributed by atoms with Gasteiger partial charge in [0.15, 0.2) is 5.56 Å². The first-order valence-electron chi connectivity index (χ1n) is 2.89. The molecule has 11 heavy (non-hydrogen) atoms. The Morgan fingerprint density at radius 2 is 1.91 bits per heavy atom. The minimum atomic E-state index is -1.10. The number of hydrogen-bond acceptors (Lipinski definition) is 1. The summed E-state index contributed by atoms with van der Waals surface area (Å²) < 4.78 is 0. The van der Waals surface area contributed by atoms with Crippen molar-refractivity contribution < 1.29 is 5.11 Å². The molecule has 1 unspecified atom stereocenters. The maximum atomic E-state index is 8.95. The molecule has 1 N–H and O–H groups in total. The molecule has 0 saturated heterocycles. The van der Waals surface area contributed by atoms with E-state index in [0.717, 1.165) is 0 Å². The van der Waals surface area contributed by atoms with Gasteiger partial charge in [-0.15, -0.1) is 0 Å². The molecule has 1 aromatic rings. The van der Waals surface area contributed by atoms with E-state index in [-0.39, 0.29) is 0 Å². The van der Waals surface area contributed by atoms with Crippen molar-refractivity contribution in [1.82, 2.24) is 0 Å². The number of rotatable bonds is 1. The fraction of sp³-hybridized carbons (Fsp3) is 0.143. The van der Waals surface area contributed by atoms with Crippen molar-refractivity contribution in [1.29, 1.82) is 0 Å². The van der Waals surface area contributed by atoms with Gasteiger partial charge in [0.25, 0.3) is 0 Å². The van der Waals surface area contributed by atoms with Crippen LogP contribution in [-0.2, 0) is 0 Å². The smallest absolute Gasteiger partial charge is 0.155 e. The van der Waals surface area contributed by atoms with Crippen LogP contribution in [0.2, 0.25) is 10.0 Å². The third-order valence-corrected chi connectivity index (χ3v) is 2.31. The van der Waals surface area contributed by atoms with Gasteiger partial charge in [-0.3, -0.25) is 0 Å². The molecule has 1 aromatic carbocycles. The Hall–Kier alpha value is 0.0500. The molecule has 0 aliphatic carbocycles. The molecular weight excluding hydrogens is 206 g/mol. The van der Waals surface area contributed by atoms with Crippen LogP contribution in [0.3, 0.4) is 0 Å². The first-order chi connectivity index (χ1) is 5.13. The van der Waals surface area contributed by atoms with Gasteiger partial charge in [0, 0.05) is 5.56 Å². The molecule has 0 radical (unpaired) electrons. The van der Waals surface area contributed by atoms with Crippen LogP contribution in [0, 0.1) is 0 Å². The molecule has 1 atom stereocenters. The van der Waals surface area contributed by atoms with Crippen LogP contribution >= 0.6 is 34.8 Å². The average molecular weight is 211 g/mol. The van der Waals surface area contributed by atoms with Crippen LogP contribution in [0.15, 0.2) is 18.2 Å². The molecular formula is C7H5Cl3O. The number of aliphatic hydroxyl groups excluding tert-OH is 1. The van der Waals surface area contributed by atoms with Crippen molar-refractivity contribution >= 4 is 34.8 Å². The molecule has 0 aliphatic heterocycles. The molecule has 0 aliphatic rings. The van der Waals surface area contributed by atoms with Gasteiger partial charge in [-0.1, -0.05) is 46.9 Å². The Labute approximate surface area is 79.5 Å². The fourth-order valence-corrected chi connectivity index (χ4v) is 1.35. The first kappa shape index (κ1) is 9.14. The highest BCUT2D eigenvalue weighted by molar-refractivity contribution is 6.42. The molecule has 0 amide bonds. The molecule has 4 heteroatoms. The van der Waals surface area contributed by atoms with Gasteiger partial charge in [-0.2, -0.15) is 0 Å². The molecule has 0 spiro atoms. The van der Waals surface area contributed by atoms with E-state index in [0.29, 0.717) is 15.6 Å². The van der Waals surface area contributed by atoms with Crippen molar-refractivity contribution in [3.8, 4) is 0 Å².